The molecule has 0 saturated heterocycles. The number of unbranched alkanes of at least 4 members (excludes halogenated alkanes) is 1. The van der Waals surface area contributed by atoms with E-state index in [-0.39, 0.29) is 18.7 Å². The standard InChI is InChI=1S/C13H27NO6S/c1-5-6-7-13(20-12(2)15)8-9-14(3,4)10-11-19-21(16,17)18/h13H,5-11H2,1-4H3/p+1. The largest absolute Gasteiger partial charge is 0.462 e. The summed E-state index contributed by atoms with van der Waals surface area (Å²) in [5.74, 6) is -0.281. The maximum Gasteiger partial charge on any atom is 0.397 e. The highest BCUT2D eigenvalue weighted by molar-refractivity contribution is 7.80. The first-order valence-electron chi connectivity index (χ1n) is 7.17. The number of esters is 1. The van der Waals surface area contributed by atoms with Crippen molar-refractivity contribution in [3.05, 3.63) is 0 Å². The van der Waals surface area contributed by atoms with Crippen molar-refractivity contribution in [3.8, 4) is 0 Å². The van der Waals surface area contributed by atoms with E-state index in [1.807, 2.05) is 14.1 Å². The predicted octanol–water partition coefficient (Wildman–Crippen LogP) is 1.39. The molecule has 8 heteroatoms. The minimum Gasteiger partial charge on any atom is -0.462 e. The van der Waals surface area contributed by atoms with Crippen molar-refractivity contribution in [2.75, 3.05) is 33.8 Å². The Hall–Kier alpha value is -0.700. The summed E-state index contributed by atoms with van der Waals surface area (Å²) in [6, 6.07) is 0. The maximum atomic E-state index is 11.1. The molecule has 0 aromatic rings. The van der Waals surface area contributed by atoms with Gasteiger partial charge in [-0.15, -0.1) is 0 Å². The van der Waals surface area contributed by atoms with Gasteiger partial charge in [-0.3, -0.25) is 9.35 Å². The first-order valence-corrected chi connectivity index (χ1v) is 8.53. The van der Waals surface area contributed by atoms with Crippen LogP contribution in [0.4, 0.5) is 0 Å². The molecule has 0 fully saturated rings. The topological polar surface area (TPSA) is 89.9 Å². The van der Waals surface area contributed by atoms with Crippen LogP contribution in [0.5, 0.6) is 0 Å². The fraction of sp³-hybridized carbons (Fsp3) is 0.923. The molecule has 126 valence electrons. The van der Waals surface area contributed by atoms with Gasteiger partial charge in [0.1, 0.15) is 19.3 Å². The number of likely N-dealkylation sites (N-methyl/N-ethyl adjacent to an activating group) is 1. The lowest BCUT2D eigenvalue weighted by atomic mass is 10.1. The Labute approximate surface area is 127 Å². The fourth-order valence-corrected chi connectivity index (χ4v) is 2.21. The number of carbonyl (C=O) groups is 1. The van der Waals surface area contributed by atoms with Gasteiger partial charge in [-0.2, -0.15) is 8.42 Å². The number of nitrogens with zero attached hydrogens (tertiary/aromatic N) is 1. The summed E-state index contributed by atoms with van der Waals surface area (Å²) >= 11 is 0. The van der Waals surface area contributed by atoms with Gasteiger partial charge < -0.3 is 9.22 Å². The Morgan fingerprint density at radius 1 is 1.24 bits per heavy atom. The molecule has 0 bridgehead atoms. The molecule has 0 saturated carbocycles. The normalized spacial score (nSPS) is 14.0. The second-order valence-electron chi connectivity index (χ2n) is 5.79. The molecule has 1 N–H and O–H groups in total. The van der Waals surface area contributed by atoms with E-state index in [4.69, 9.17) is 9.29 Å². The molecule has 0 radical (unpaired) electrons. The van der Waals surface area contributed by atoms with E-state index in [0.29, 0.717) is 17.4 Å². The fourth-order valence-electron chi connectivity index (χ4n) is 1.92. The Morgan fingerprint density at radius 2 is 1.86 bits per heavy atom. The lowest BCUT2D eigenvalue weighted by Gasteiger charge is -2.31. The second-order valence-corrected chi connectivity index (χ2v) is 6.89. The zero-order chi connectivity index (χ0) is 16.5. The monoisotopic (exact) mass is 326 g/mol. The first kappa shape index (κ1) is 20.3. The third-order valence-electron chi connectivity index (χ3n) is 3.20. The highest BCUT2D eigenvalue weighted by atomic mass is 32.3. The molecule has 0 heterocycles. The van der Waals surface area contributed by atoms with E-state index < -0.39 is 10.4 Å². The van der Waals surface area contributed by atoms with Crippen LogP contribution in [0.3, 0.4) is 0 Å². The number of quaternary nitrogens is 1. The minimum absolute atomic E-state index is 0.0843. The van der Waals surface area contributed by atoms with E-state index >= 15 is 0 Å². The van der Waals surface area contributed by atoms with Gasteiger partial charge in [0.05, 0.1) is 20.6 Å². The second kappa shape index (κ2) is 9.34. The van der Waals surface area contributed by atoms with Crippen LogP contribution < -0.4 is 0 Å². The Kier molecular flexibility index (Phi) is 9.03. The Morgan fingerprint density at radius 3 is 2.33 bits per heavy atom. The van der Waals surface area contributed by atoms with Crippen LogP contribution in [-0.2, 0) is 24.1 Å². The van der Waals surface area contributed by atoms with E-state index in [1.165, 1.54) is 6.92 Å². The summed E-state index contributed by atoms with van der Waals surface area (Å²) in [5.41, 5.74) is 0. The minimum atomic E-state index is -4.39. The zero-order valence-corrected chi connectivity index (χ0v) is 14.2. The summed E-state index contributed by atoms with van der Waals surface area (Å²) in [7, 11) is -0.528. The molecule has 0 aliphatic heterocycles. The lowest BCUT2D eigenvalue weighted by Crippen LogP contribution is -2.44. The SMILES string of the molecule is CCCCC(CC[N+](C)(C)CCOS(=O)(=O)O)OC(C)=O. The molecule has 7 nitrogen and oxygen atoms in total. The molecule has 1 atom stereocenters. The van der Waals surface area contributed by atoms with Gasteiger partial charge >= 0.3 is 16.4 Å². The molecule has 0 aromatic heterocycles. The molecule has 0 aliphatic rings. The summed E-state index contributed by atoms with van der Waals surface area (Å²) < 4.78 is 39.6. The van der Waals surface area contributed by atoms with Gasteiger partial charge in [0.25, 0.3) is 0 Å². The van der Waals surface area contributed by atoms with E-state index in [9.17, 15) is 13.2 Å². The van der Waals surface area contributed by atoms with Crippen molar-refractivity contribution < 1.29 is 31.2 Å². The third kappa shape index (κ3) is 12.7. The maximum absolute atomic E-state index is 11.1. The van der Waals surface area contributed by atoms with Crippen LogP contribution in [0.15, 0.2) is 0 Å². The van der Waals surface area contributed by atoms with Gasteiger partial charge in [0, 0.05) is 13.3 Å². The number of carbonyl (C=O) groups excluding carboxylic acids is 1. The van der Waals surface area contributed by atoms with Crippen LogP contribution in [0.1, 0.15) is 39.5 Å². The summed E-state index contributed by atoms with van der Waals surface area (Å²) in [6.45, 7) is 4.55. The highest BCUT2D eigenvalue weighted by Crippen LogP contribution is 2.12. The Balaban J connectivity index is 4.24. The van der Waals surface area contributed by atoms with Crippen LogP contribution in [-0.4, -0.2) is 63.3 Å². The van der Waals surface area contributed by atoms with Crippen molar-refractivity contribution in [1.29, 1.82) is 0 Å². The molecule has 0 aliphatic carbocycles. The molecule has 1 unspecified atom stereocenters. The average molecular weight is 326 g/mol. The highest BCUT2D eigenvalue weighted by Gasteiger charge is 2.21. The Bertz CT molecular complexity index is 407. The number of hydrogen-bond acceptors (Lipinski definition) is 5. The van der Waals surface area contributed by atoms with Gasteiger partial charge in [0.2, 0.25) is 0 Å². The molecule has 0 amide bonds. The van der Waals surface area contributed by atoms with Crippen molar-refractivity contribution >= 4 is 16.4 Å². The van der Waals surface area contributed by atoms with Crippen molar-refractivity contribution in [2.45, 2.75) is 45.6 Å². The van der Waals surface area contributed by atoms with E-state index in [0.717, 1.165) is 25.8 Å². The third-order valence-corrected chi connectivity index (χ3v) is 3.66. The zero-order valence-electron chi connectivity index (χ0n) is 13.4. The molecular weight excluding hydrogens is 298 g/mol. The van der Waals surface area contributed by atoms with Gasteiger partial charge in [-0.05, 0) is 6.42 Å². The predicted molar refractivity (Wildman–Crippen MR) is 79.0 cm³/mol. The quantitative estimate of drug-likeness (QED) is 0.351. The van der Waals surface area contributed by atoms with Crippen molar-refractivity contribution in [3.63, 3.8) is 0 Å². The smallest absolute Gasteiger partial charge is 0.397 e. The van der Waals surface area contributed by atoms with E-state index in [1.54, 1.807) is 0 Å². The molecule has 0 spiro atoms. The van der Waals surface area contributed by atoms with Crippen molar-refractivity contribution in [2.24, 2.45) is 0 Å². The van der Waals surface area contributed by atoms with Crippen LogP contribution in [0.25, 0.3) is 0 Å². The average Bonchev–Trinajstić information content (AvgIpc) is 2.30. The van der Waals surface area contributed by atoms with Crippen LogP contribution >= 0.6 is 0 Å². The van der Waals surface area contributed by atoms with E-state index in [2.05, 4.69) is 11.1 Å². The molecule has 21 heavy (non-hydrogen) atoms. The van der Waals surface area contributed by atoms with Crippen molar-refractivity contribution in [1.82, 2.24) is 0 Å². The van der Waals surface area contributed by atoms with Crippen LogP contribution in [0, 0.1) is 0 Å². The molecule has 0 rings (SSSR count). The van der Waals surface area contributed by atoms with Gasteiger partial charge in [-0.25, -0.2) is 4.18 Å². The lowest BCUT2D eigenvalue weighted by molar-refractivity contribution is -0.890. The molecular formula is C13H28NO6S+. The van der Waals surface area contributed by atoms with Gasteiger partial charge in [-0.1, -0.05) is 19.8 Å². The molecule has 0 aromatic carbocycles. The number of ether oxygens (including phenoxy) is 1. The summed E-state index contributed by atoms with van der Waals surface area (Å²) in [6.07, 6.45) is 3.47. The van der Waals surface area contributed by atoms with Gasteiger partial charge in [0.15, 0.2) is 0 Å². The summed E-state index contributed by atoms with van der Waals surface area (Å²) in [4.78, 5) is 11.1. The van der Waals surface area contributed by atoms with Crippen LogP contribution in [0.2, 0.25) is 0 Å². The number of hydrogen-bond donors (Lipinski definition) is 1. The number of rotatable bonds is 11. The first-order chi connectivity index (χ1) is 9.56. The summed E-state index contributed by atoms with van der Waals surface area (Å²) in [5, 5.41) is 0.